The molecule has 11 heteroatoms. The lowest BCUT2D eigenvalue weighted by molar-refractivity contribution is 0.172. The van der Waals surface area contributed by atoms with Crippen LogP contribution in [0.2, 0.25) is 0 Å². The SMILES string of the molecule is C=N/C(=C\SC)NS(=O)(=O)c1cc(F)c(NCc2c(F)cccc2CN2CCC2)cc1F. The number of hydrogen-bond acceptors (Lipinski definition) is 6. The van der Waals surface area contributed by atoms with Gasteiger partial charge in [0.1, 0.15) is 28.2 Å². The summed E-state index contributed by atoms with van der Waals surface area (Å²) in [6.07, 6.45) is 2.76. The van der Waals surface area contributed by atoms with Crippen molar-refractivity contribution >= 4 is 34.2 Å². The van der Waals surface area contributed by atoms with Crippen LogP contribution in [0.1, 0.15) is 17.5 Å². The number of benzene rings is 2. The zero-order chi connectivity index (χ0) is 23.3. The molecule has 0 unspecified atom stereocenters. The first-order valence-electron chi connectivity index (χ1n) is 9.69. The molecule has 0 amide bonds. The van der Waals surface area contributed by atoms with Gasteiger partial charge >= 0.3 is 0 Å². The summed E-state index contributed by atoms with van der Waals surface area (Å²) < 4.78 is 70.6. The fourth-order valence-corrected chi connectivity index (χ4v) is 4.70. The topological polar surface area (TPSA) is 73.8 Å². The van der Waals surface area contributed by atoms with Gasteiger partial charge < -0.3 is 5.32 Å². The molecule has 0 aromatic heterocycles. The van der Waals surface area contributed by atoms with E-state index in [0.29, 0.717) is 18.2 Å². The van der Waals surface area contributed by atoms with Crippen LogP contribution in [0.15, 0.2) is 51.4 Å². The molecule has 1 heterocycles. The number of sulfonamides is 1. The lowest BCUT2D eigenvalue weighted by Crippen LogP contribution is -2.36. The molecule has 0 atom stereocenters. The summed E-state index contributed by atoms with van der Waals surface area (Å²) in [6.45, 7) is 5.58. The number of nitrogens with zero attached hydrogens (tertiary/aromatic N) is 2. The summed E-state index contributed by atoms with van der Waals surface area (Å²) in [7, 11) is -4.43. The maximum atomic E-state index is 14.6. The van der Waals surface area contributed by atoms with Crippen molar-refractivity contribution in [3.63, 3.8) is 0 Å². The molecule has 1 aliphatic heterocycles. The van der Waals surface area contributed by atoms with Gasteiger partial charge in [-0.3, -0.25) is 9.62 Å². The Hall–Kier alpha value is -2.50. The quantitative estimate of drug-likeness (QED) is 0.498. The Balaban J connectivity index is 1.81. The van der Waals surface area contributed by atoms with Gasteiger partial charge in [-0.1, -0.05) is 12.1 Å². The van der Waals surface area contributed by atoms with Crippen molar-refractivity contribution in [1.82, 2.24) is 9.62 Å². The largest absolute Gasteiger partial charge is 0.378 e. The second-order valence-corrected chi connectivity index (χ2v) is 9.48. The predicted octanol–water partition coefficient (Wildman–Crippen LogP) is 4.06. The molecule has 1 saturated heterocycles. The summed E-state index contributed by atoms with van der Waals surface area (Å²) in [5.74, 6) is -2.73. The van der Waals surface area contributed by atoms with Crippen molar-refractivity contribution in [2.45, 2.75) is 24.4 Å². The average molecular weight is 485 g/mol. The van der Waals surface area contributed by atoms with Crippen molar-refractivity contribution in [2.24, 2.45) is 4.99 Å². The van der Waals surface area contributed by atoms with Crippen molar-refractivity contribution in [3.8, 4) is 0 Å². The number of rotatable bonds is 10. The second kappa shape index (κ2) is 10.4. The number of halogens is 3. The van der Waals surface area contributed by atoms with Gasteiger partial charge in [0.15, 0.2) is 0 Å². The van der Waals surface area contributed by atoms with Gasteiger partial charge in [-0.05, 0) is 50.2 Å². The Morgan fingerprint density at radius 1 is 1.22 bits per heavy atom. The Bertz CT molecular complexity index is 1140. The van der Waals surface area contributed by atoms with Crippen LogP contribution < -0.4 is 10.0 Å². The van der Waals surface area contributed by atoms with Gasteiger partial charge in [0.2, 0.25) is 0 Å². The van der Waals surface area contributed by atoms with Crippen molar-refractivity contribution < 1.29 is 21.6 Å². The number of nitrogens with one attached hydrogen (secondary N) is 2. The van der Waals surface area contributed by atoms with E-state index >= 15 is 0 Å². The number of hydrogen-bond donors (Lipinski definition) is 2. The van der Waals surface area contributed by atoms with Crippen molar-refractivity contribution in [3.05, 3.63) is 70.1 Å². The molecule has 2 aromatic rings. The summed E-state index contributed by atoms with van der Waals surface area (Å²) in [5.41, 5.74) is 0.828. The third-order valence-electron chi connectivity index (χ3n) is 4.96. The van der Waals surface area contributed by atoms with Crippen LogP contribution in [-0.4, -0.2) is 39.4 Å². The van der Waals surface area contributed by atoms with E-state index in [1.54, 1.807) is 18.4 Å². The molecule has 1 aliphatic rings. The standard InChI is InChI=1S/C21H23F3N4O2S2/c1-25-21(13-31-2)27-32(29,30)20-10-17(23)19(9-18(20)24)26-11-15-14(5-3-6-16(15)22)12-28-7-4-8-28/h3,5-6,9-10,13,26-27H,1,4,7-8,11-12H2,2H3/b21-13+. The van der Waals surface area contributed by atoms with Crippen LogP contribution >= 0.6 is 11.8 Å². The van der Waals surface area contributed by atoms with Crippen LogP contribution in [0.4, 0.5) is 18.9 Å². The highest BCUT2D eigenvalue weighted by Crippen LogP contribution is 2.25. The molecule has 0 aliphatic carbocycles. The summed E-state index contributed by atoms with van der Waals surface area (Å²) in [4.78, 5) is 4.78. The molecule has 172 valence electrons. The molecule has 1 fully saturated rings. The monoisotopic (exact) mass is 484 g/mol. The molecular weight excluding hydrogens is 461 g/mol. The first kappa shape index (κ1) is 24.1. The highest BCUT2D eigenvalue weighted by Gasteiger charge is 2.23. The fourth-order valence-electron chi connectivity index (χ4n) is 3.18. The molecule has 0 spiro atoms. The minimum absolute atomic E-state index is 0.0858. The first-order valence-corrected chi connectivity index (χ1v) is 12.5. The average Bonchev–Trinajstić information content (AvgIpc) is 2.71. The van der Waals surface area contributed by atoms with Crippen LogP contribution in [0.5, 0.6) is 0 Å². The molecule has 0 bridgehead atoms. The van der Waals surface area contributed by atoms with E-state index < -0.39 is 32.4 Å². The lowest BCUT2D eigenvalue weighted by atomic mass is 10.0. The van der Waals surface area contributed by atoms with E-state index in [1.165, 1.54) is 11.5 Å². The van der Waals surface area contributed by atoms with Crippen molar-refractivity contribution in [2.75, 3.05) is 24.7 Å². The van der Waals surface area contributed by atoms with E-state index in [-0.39, 0.29) is 18.1 Å². The third-order valence-corrected chi connectivity index (χ3v) is 6.79. The number of likely N-dealkylation sites (tertiary alicyclic amines) is 1. The molecular formula is C21H23F3N4O2S2. The predicted molar refractivity (Wildman–Crippen MR) is 121 cm³/mol. The molecule has 3 rings (SSSR count). The Morgan fingerprint density at radius 2 is 1.97 bits per heavy atom. The smallest absolute Gasteiger partial charge is 0.266 e. The number of aliphatic imine (C=N–C) groups is 1. The minimum Gasteiger partial charge on any atom is -0.378 e. The molecule has 6 nitrogen and oxygen atoms in total. The third kappa shape index (κ3) is 5.64. The van der Waals surface area contributed by atoms with Gasteiger partial charge in [-0.25, -0.2) is 26.6 Å². The van der Waals surface area contributed by atoms with Gasteiger partial charge in [-0.2, -0.15) is 0 Å². The first-order chi connectivity index (χ1) is 15.2. The van der Waals surface area contributed by atoms with Crippen LogP contribution in [0.3, 0.4) is 0 Å². The van der Waals surface area contributed by atoms with Gasteiger partial charge in [0, 0.05) is 30.1 Å². The molecule has 32 heavy (non-hydrogen) atoms. The van der Waals surface area contributed by atoms with Gasteiger partial charge in [0.05, 0.1) is 5.69 Å². The minimum atomic E-state index is -4.43. The lowest BCUT2D eigenvalue weighted by Gasteiger charge is -2.31. The number of anilines is 1. The zero-order valence-electron chi connectivity index (χ0n) is 17.4. The van der Waals surface area contributed by atoms with Crippen molar-refractivity contribution in [1.29, 1.82) is 0 Å². The molecule has 0 radical (unpaired) electrons. The maximum Gasteiger partial charge on any atom is 0.266 e. The highest BCUT2D eigenvalue weighted by atomic mass is 32.2. The maximum absolute atomic E-state index is 14.6. The highest BCUT2D eigenvalue weighted by molar-refractivity contribution is 8.01. The van der Waals surface area contributed by atoms with Gasteiger partial charge in [0.25, 0.3) is 10.0 Å². The van der Waals surface area contributed by atoms with Crippen LogP contribution in [0, 0.1) is 17.5 Å². The Kier molecular flexibility index (Phi) is 7.86. The second-order valence-electron chi connectivity index (χ2n) is 7.13. The summed E-state index contributed by atoms with van der Waals surface area (Å²) in [5, 5.41) is 4.04. The van der Waals surface area contributed by atoms with E-state index in [1.807, 2.05) is 0 Å². The van der Waals surface area contributed by atoms with E-state index in [2.05, 4.69) is 26.6 Å². The summed E-state index contributed by atoms with van der Waals surface area (Å²) >= 11 is 1.16. The van der Waals surface area contributed by atoms with Crippen LogP contribution in [0.25, 0.3) is 0 Å². The Morgan fingerprint density at radius 3 is 2.59 bits per heavy atom. The van der Waals surface area contributed by atoms with E-state index in [0.717, 1.165) is 42.9 Å². The normalized spacial score (nSPS) is 14.7. The summed E-state index contributed by atoms with van der Waals surface area (Å²) in [6, 6.07) is 6.02. The van der Waals surface area contributed by atoms with E-state index in [9.17, 15) is 21.6 Å². The molecule has 2 aromatic carbocycles. The van der Waals surface area contributed by atoms with E-state index in [4.69, 9.17) is 0 Å². The molecule has 0 saturated carbocycles. The number of thioether (sulfide) groups is 1. The molecule has 2 N–H and O–H groups in total. The van der Waals surface area contributed by atoms with Gasteiger partial charge in [-0.15, -0.1) is 11.8 Å². The van der Waals surface area contributed by atoms with Crippen LogP contribution in [-0.2, 0) is 23.1 Å². The fraction of sp³-hybridized carbons (Fsp3) is 0.286. The Labute approximate surface area is 189 Å². The zero-order valence-corrected chi connectivity index (χ0v) is 19.0.